The van der Waals surface area contributed by atoms with Gasteiger partial charge in [-0.3, -0.25) is 4.57 Å². The van der Waals surface area contributed by atoms with E-state index in [0.717, 1.165) is 33.8 Å². The number of hydrogen-bond donors (Lipinski definition) is 0. The molecule has 5 aromatic rings. The van der Waals surface area contributed by atoms with Crippen molar-refractivity contribution in [3.05, 3.63) is 82.9 Å². The molecule has 0 saturated carbocycles. The summed E-state index contributed by atoms with van der Waals surface area (Å²) in [5.41, 5.74) is 7.50. The molecule has 0 saturated heterocycles. The molecule has 0 unspecified atom stereocenters. The van der Waals surface area contributed by atoms with E-state index in [2.05, 4.69) is 36.6 Å². The van der Waals surface area contributed by atoms with Crippen molar-refractivity contribution in [1.29, 1.82) is 0 Å². The average Bonchev–Trinajstić information content (AvgIpc) is 3.07. The van der Waals surface area contributed by atoms with Gasteiger partial charge in [-0.15, -0.1) is 0 Å². The number of aromatic nitrogens is 4. The van der Waals surface area contributed by atoms with Crippen LogP contribution in [0.1, 0.15) is 11.1 Å². The highest BCUT2D eigenvalue weighted by Gasteiger charge is 2.18. The summed E-state index contributed by atoms with van der Waals surface area (Å²) in [5.74, 6) is 0.797. The lowest BCUT2D eigenvalue weighted by atomic mass is 10.1. The number of halogens is 1. The molecule has 0 radical (unpaired) electrons. The van der Waals surface area contributed by atoms with Crippen LogP contribution >= 0.6 is 11.6 Å². The minimum atomic E-state index is 0.627. The predicted molar refractivity (Wildman–Crippen MR) is 114 cm³/mol. The van der Waals surface area contributed by atoms with Crippen LogP contribution in [0, 0.1) is 13.8 Å². The Kier molecular flexibility index (Phi) is 3.88. The molecule has 0 atom stereocenters. The van der Waals surface area contributed by atoms with Gasteiger partial charge >= 0.3 is 0 Å². The lowest BCUT2D eigenvalue weighted by molar-refractivity contribution is 1.07. The number of nitrogens with zero attached hydrogens (tertiary/aromatic N) is 4. The normalized spacial score (nSPS) is 11.4. The van der Waals surface area contributed by atoms with E-state index < -0.39 is 0 Å². The highest BCUT2D eigenvalue weighted by molar-refractivity contribution is 6.30. The summed E-state index contributed by atoms with van der Waals surface area (Å²) >= 11 is 6.09. The highest BCUT2D eigenvalue weighted by Crippen LogP contribution is 2.29. The number of aryl methyl sites for hydroxylation is 2. The molecule has 0 amide bonds. The molecule has 28 heavy (non-hydrogen) atoms. The maximum atomic E-state index is 6.09. The lowest BCUT2D eigenvalue weighted by Crippen LogP contribution is -2.00. The van der Waals surface area contributed by atoms with Gasteiger partial charge in [0.15, 0.2) is 11.3 Å². The van der Waals surface area contributed by atoms with Gasteiger partial charge in [0.25, 0.3) is 0 Å². The SMILES string of the molecule is Cc1ccc(-n2c(-c3ccc(Cl)cc3)nc3nc4ccccc4nc32)cc1C. The predicted octanol–water partition coefficient (Wildman–Crippen LogP) is 5.91. The van der Waals surface area contributed by atoms with Crippen LogP contribution in [-0.2, 0) is 0 Å². The van der Waals surface area contributed by atoms with Crippen LogP contribution in [0.4, 0.5) is 0 Å². The Morgan fingerprint density at radius 3 is 2.18 bits per heavy atom. The molecule has 5 rings (SSSR count). The first-order valence-electron chi connectivity index (χ1n) is 9.09. The maximum absolute atomic E-state index is 6.09. The third kappa shape index (κ3) is 2.74. The Morgan fingerprint density at radius 1 is 0.750 bits per heavy atom. The number of benzene rings is 3. The second kappa shape index (κ2) is 6.43. The van der Waals surface area contributed by atoms with Gasteiger partial charge in [-0.25, -0.2) is 15.0 Å². The van der Waals surface area contributed by atoms with Crippen molar-refractivity contribution >= 4 is 33.9 Å². The van der Waals surface area contributed by atoms with Gasteiger partial charge in [-0.2, -0.15) is 0 Å². The molecule has 3 aromatic carbocycles. The number of para-hydroxylation sites is 2. The quantitative estimate of drug-likeness (QED) is 0.380. The maximum Gasteiger partial charge on any atom is 0.199 e. The molecule has 0 spiro atoms. The summed E-state index contributed by atoms with van der Waals surface area (Å²) in [6, 6.07) is 21.9. The molecule has 0 N–H and O–H groups in total. The second-order valence-electron chi connectivity index (χ2n) is 6.91. The van der Waals surface area contributed by atoms with E-state index in [1.54, 1.807) is 0 Å². The van der Waals surface area contributed by atoms with Crippen molar-refractivity contribution in [2.75, 3.05) is 0 Å². The molecule has 136 valence electrons. The van der Waals surface area contributed by atoms with E-state index in [1.807, 2.05) is 48.5 Å². The van der Waals surface area contributed by atoms with Crippen LogP contribution in [0.5, 0.6) is 0 Å². The molecule has 0 bridgehead atoms. The Balaban J connectivity index is 1.87. The summed E-state index contributed by atoms with van der Waals surface area (Å²) < 4.78 is 2.07. The molecule has 2 heterocycles. The van der Waals surface area contributed by atoms with Gasteiger partial charge in [0.05, 0.1) is 11.0 Å². The van der Waals surface area contributed by atoms with Crippen LogP contribution in [0.3, 0.4) is 0 Å². The molecule has 2 aromatic heterocycles. The Morgan fingerprint density at radius 2 is 1.46 bits per heavy atom. The Bertz CT molecular complexity index is 1340. The van der Waals surface area contributed by atoms with E-state index in [0.29, 0.717) is 10.7 Å². The fourth-order valence-electron chi connectivity index (χ4n) is 3.36. The van der Waals surface area contributed by atoms with Gasteiger partial charge < -0.3 is 0 Å². The van der Waals surface area contributed by atoms with E-state index in [9.17, 15) is 0 Å². The van der Waals surface area contributed by atoms with Crippen molar-refractivity contribution in [3.8, 4) is 17.1 Å². The standard InChI is InChI=1S/C23H17ClN4/c1-14-7-12-18(13-15(14)2)28-22(16-8-10-17(24)11-9-16)27-21-23(28)26-20-6-4-3-5-19(20)25-21/h3-13H,1-2H3. The largest absolute Gasteiger partial charge is 0.275 e. The monoisotopic (exact) mass is 384 g/mol. The van der Waals surface area contributed by atoms with Gasteiger partial charge in [0, 0.05) is 16.3 Å². The molecular formula is C23H17ClN4. The Hall–Kier alpha value is -3.24. The summed E-state index contributed by atoms with van der Waals surface area (Å²) in [7, 11) is 0. The van der Waals surface area contributed by atoms with Gasteiger partial charge in [0.1, 0.15) is 5.82 Å². The van der Waals surface area contributed by atoms with Gasteiger partial charge in [-0.1, -0.05) is 29.8 Å². The fraction of sp³-hybridized carbons (Fsp3) is 0.0870. The van der Waals surface area contributed by atoms with Crippen LogP contribution < -0.4 is 0 Å². The minimum Gasteiger partial charge on any atom is -0.275 e. The molecule has 0 aliphatic carbocycles. The number of imidazole rings is 1. The summed E-state index contributed by atoms with van der Waals surface area (Å²) in [5, 5.41) is 0.694. The molecule has 0 aliphatic heterocycles. The summed E-state index contributed by atoms with van der Waals surface area (Å²) in [6.45, 7) is 4.22. The number of hydrogen-bond acceptors (Lipinski definition) is 3. The third-order valence-corrected chi connectivity index (χ3v) is 5.27. The molecule has 0 aliphatic rings. The Labute approximate surface area is 167 Å². The van der Waals surface area contributed by atoms with Crippen molar-refractivity contribution in [3.63, 3.8) is 0 Å². The highest BCUT2D eigenvalue weighted by atomic mass is 35.5. The number of fused-ring (bicyclic) bond motifs is 2. The smallest absolute Gasteiger partial charge is 0.199 e. The topological polar surface area (TPSA) is 43.6 Å². The van der Waals surface area contributed by atoms with Crippen molar-refractivity contribution in [2.45, 2.75) is 13.8 Å². The zero-order valence-corrected chi connectivity index (χ0v) is 16.3. The van der Waals surface area contributed by atoms with Crippen LogP contribution in [0.2, 0.25) is 5.02 Å². The lowest BCUT2D eigenvalue weighted by Gasteiger charge is -2.11. The zero-order chi connectivity index (χ0) is 19.3. The summed E-state index contributed by atoms with van der Waals surface area (Å²) in [4.78, 5) is 14.5. The van der Waals surface area contributed by atoms with Crippen LogP contribution in [-0.4, -0.2) is 19.5 Å². The summed E-state index contributed by atoms with van der Waals surface area (Å²) in [6.07, 6.45) is 0. The zero-order valence-electron chi connectivity index (χ0n) is 15.5. The van der Waals surface area contributed by atoms with Crippen molar-refractivity contribution in [2.24, 2.45) is 0 Å². The molecule has 5 heteroatoms. The molecule has 0 fully saturated rings. The number of rotatable bonds is 2. The first-order chi connectivity index (χ1) is 13.6. The second-order valence-corrected chi connectivity index (χ2v) is 7.34. The first-order valence-corrected chi connectivity index (χ1v) is 9.47. The van der Waals surface area contributed by atoms with E-state index in [4.69, 9.17) is 26.6 Å². The minimum absolute atomic E-state index is 0.627. The first kappa shape index (κ1) is 16.9. The van der Waals surface area contributed by atoms with Crippen molar-refractivity contribution in [1.82, 2.24) is 19.5 Å². The fourth-order valence-corrected chi connectivity index (χ4v) is 3.48. The third-order valence-electron chi connectivity index (χ3n) is 5.02. The molecular weight excluding hydrogens is 368 g/mol. The van der Waals surface area contributed by atoms with E-state index in [1.165, 1.54) is 11.1 Å². The van der Waals surface area contributed by atoms with Crippen molar-refractivity contribution < 1.29 is 0 Å². The van der Waals surface area contributed by atoms with Crippen LogP contribution in [0.25, 0.3) is 39.4 Å². The van der Waals surface area contributed by atoms with E-state index in [-0.39, 0.29) is 0 Å². The van der Waals surface area contributed by atoms with Gasteiger partial charge in [0.2, 0.25) is 0 Å². The van der Waals surface area contributed by atoms with Gasteiger partial charge in [-0.05, 0) is 73.5 Å². The van der Waals surface area contributed by atoms with E-state index >= 15 is 0 Å². The van der Waals surface area contributed by atoms with Crippen LogP contribution in [0.15, 0.2) is 66.7 Å². The average molecular weight is 385 g/mol. The molecule has 4 nitrogen and oxygen atoms in total.